The first-order valence-electron chi connectivity index (χ1n) is 5.73. The van der Waals surface area contributed by atoms with Gasteiger partial charge >= 0.3 is 0 Å². The maximum absolute atomic E-state index is 2.25. The van der Waals surface area contributed by atoms with E-state index in [4.69, 9.17) is 0 Å². The molecule has 0 nitrogen and oxygen atoms in total. The van der Waals surface area contributed by atoms with Gasteiger partial charge in [-0.1, -0.05) is 42.0 Å². The zero-order valence-electron chi connectivity index (χ0n) is 10.5. The number of hydrogen-bond donors (Lipinski definition) is 0. The number of rotatable bonds is 1. The molecular formula is C16H18. The maximum atomic E-state index is 2.25. The summed E-state index contributed by atoms with van der Waals surface area (Å²) < 4.78 is 0. The molecule has 0 aliphatic carbocycles. The van der Waals surface area contributed by atoms with E-state index in [1.54, 1.807) is 0 Å². The maximum Gasteiger partial charge on any atom is -0.0149 e. The van der Waals surface area contributed by atoms with Gasteiger partial charge in [0.25, 0.3) is 0 Å². The highest BCUT2D eigenvalue weighted by molar-refractivity contribution is 5.71. The molecular weight excluding hydrogens is 192 g/mol. The van der Waals surface area contributed by atoms with Gasteiger partial charge in [-0.2, -0.15) is 0 Å². The van der Waals surface area contributed by atoms with Crippen LogP contribution in [0.2, 0.25) is 0 Å². The lowest BCUT2D eigenvalue weighted by atomic mass is 9.93. The van der Waals surface area contributed by atoms with Gasteiger partial charge in [-0.05, 0) is 55.5 Å². The van der Waals surface area contributed by atoms with Gasteiger partial charge in [-0.15, -0.1) is 0 Å². The van der Waals surface area contributed by atoms with Crippen molar-refractivity contribution in [3.8, 4) is 11.1 Å². The minimum absolute atomic E-state index is 1.33. The monoisotopic (exact) mass is 210 g/mol. The van der Waals surface area contributed by atoms with Gasteiger partial charge in [0.1, 0.15) is 0 Å². The Hall–Kier alpha value is -1.56. The Morgan fingerprint density at radius 3 is 2.12 bits per heavy atom. The highest BCUT2D eigenvalue weighted by Crippen LogP contribution is 2.28. The van der Waals surface area contributed by atoms with Crippen molar-refractivity contribution in [3.05, 3.63) is 58.7 Å². The van der Waals surface area contributed by atoms with E-state index < -0.39 is 0 Å². The zero-order chi connectivity index (χ0) is 11.7. The Bertz CT molecular complexity index is 522. The van der Waals surface area contributed by atoms with E-state index in [9.17, 15) is 0 Å². The van der Waals surface area contributed by atoms with E-state index >= 15 is 0 Å². The predicted molar refractivity (Wildman–Crippen MR) is 70.8 cm³/mol. The Morgan fingerprint density at radius 1 is 0.688 bits per heavy atom. The molecule has 0 amide bonds. The first-order valence-corrected chi connectivity index (χ1v) is 5.73. The van der Waals surface area contributed by atoms with Crippen LogP contribution >= 0.6 is 0 Å². The molecule has 0 saturated carbocycles. The van der Waals surface area contributed by atoms with Gasteiger partial charge < -0.3 is 0 Å². The predicted octanol–water partition coefficient (Wildman–Crippen LogP) is 4.59. The number of hydrogen-bond acceptors (Lipinski definition) is 0. The second-order valence-electron chi connectivity index (χ2n) is 4.57. The minimum Gasteiger partial charge on any atom is -0.0614 e. The number of aryl methyl sites for hydroxylation is 3. The lowest BCUT2D eigenvalue weighted by Gasteiger charge is -2.12. The van der Waals surface area contributed by atoms with Gasteiger partial charge in [0.15, 0.2) is 0 Å². The third-order valence-electron chi connectivity index (χ3n) is 3.28. The molecule has 0 radical (unpaired) electrons. The molecule has 0 heteroatoms. The van der Waals surface area contributed by atoms with Crippen molar-refractivity contribution in [2.24, 2.45) is 0 Å². The summed E-state index contributed by atoms with van der Waals surface area (Å²) in [6.45, 7) is 8.69. The van der Waals surface area contributed by atoms with Crippen LogP contribution in [0, 0.1) is 27.7 Å². The molecule has 0 spiro atoms. The van der Waals surface area contributed by atoms with Crippen LogP contribution in [0.15, 0.2) is 36.4 Å². The van der Waals surface area contributed by atoms with Crippen LogP contribution in [-0.4, -0.2) is 0 Å². The topological polar surface area (TPSA) is 0 Å². The molecule has 0 bridgehead atoms. The van der Waals surface area contributed by atoms with Crippen LogP contribution < -0.4 is 0 Å². The van der Waals surface area contributed by atoms with Crippen LogP contribution in [-0.2, 0) is 0 Å². The van der Waals surface area contributed by atoms with E-state index in [-0.39, 0.29) is 0 Å². The van der Waals surface area contributed by atoms with Crippen LogP contribution in [0.25, 0.3) is 11.1 Å². The molecule has 0 aliphatic heterocycles. The van der Waals surface area contributed by atoms with Crippen LogP contribution in [0.1, 0.15) is 22.3 Å². The van der Waals surface area contributed by atoms with Gasteiger partial charge in [-0.3, -0.25) is 0 Å². The molecule has 0 N–H and O–H groups in total. The van der Waals surface area contributed by atoms with Gasteiger partial charge in [0, 0.05) is 0 Å². The normalized spacial score (nSPS) is 10.5. The fourth-order valence-corrected chi connectivity index (χ4v) is 2.16. The van der Waals surface area contributed by atoms with Crippen molar-refractivity contribution in [1.82, 2.24) is 0 Å². The summed E-state index contributed by atoms with van der Waals surface area (Å²) in [5.41, 5.74) is 8.14. The first-order chi connectivity index (χ1) is 7.59. The molecule has 0 saturated heterocycles. The van der Waals surface area contributed by atoms with Crippen molar-refractivity contribution in [2.45, 2.75) is 27.7 Å². The van der Waals surface area contributed by atoms with E-state index in [0.29, 0.717) is 0 Å². The summed E-state index contributed by atoms with van der Waals surface area (Å²) in [5, 5.41) is 0. The van der Waals surface area contributed by atoms with Crippen molar-refractivity contribution in [3.63, 3.8) is 0 Å². The summed E-state index contributed by atoms with van der Waals surface area (Å²) in [6, 6.07) is 13.2. The Kier molecular flexibility index (Phi) is 2.82. The lowest BCUT2D eigenvalue weighted by molar-refractivity contribution is 1.32. The average molecular weight is 210 g/mol. The van der Waals surface area contributed by atoms with Crippen molar-refractivity contribution < 1.29 is 0 Å². The highest BCUT2D eigenvalue weighted by atomic mass is 14.1. The van der Waals surface area contributed by atoms with E-state index in [1.807, 2.05) is 0 Å². The smallest absolute Gasteiger partial charge is 0.0149 e. The fourth-order valence-electron chi connectivity index (χ4n) is 2.16. The Labute approximate surface area is 97.9 Å². The molecule has 2 rings (SSSR count). The lowest BCUT2D eigenvalue weighted by Crippen LogP contribution is -1.90. The molecule has 2 aromatic rings. The van der Waals surface area contributed by atoms with Gasteiger partial charge in [0.2, 0.25) is 0 Å². The third-order valence-corrected chi connectivity index (χ3v) is 3.28. The molecule has 0 aliphatic rings. The zero-order valence-corrected chi connectivity index (χ0v) is 10.5. The third kappa shape index (κ3) is 1.88. The van der Waals surface area contributed by atoms with Crippen molar-refractivity contribution >= 4 is 0 Å². The molecule has 2 aromatic carbocycles. The summed E-state index contributed by atoms with van der Waals surface area (Å²) in [7, 11) is 0. The quantitative estimate of drug-likeness (QED) is 0.646. The standard InChI is InChI=1S/C16H18/c1-11-8-9-15(13(3)10-11)16-7-5-6-12(2)14(16)4/h5-10H,1-4H3. The Balaban J connectivity index is 2.63. The van der Waals surface area contributed by atoms with Crippen LogP contribution in [0.3, 0.4) is 0 Å². The fraction of sp³-hybridized carbons (Fsp3) is 0.250. The number of benzene rings is 2. The largest absolute Gasteiger partial charge is 0.0614 e. The van der Waals surface area contributed by atoms with E-state index in [0.717, 1.165) is 0 Å². The minimum atomic E-state index is 1.33. The summed E-state index contributed by atoms with van der Waals surface area (Å²) in [5.74, 6) is 0. The van der Waals surface area contributed by atoms with E-state index in [2.05, 4.69) is 64.1 Å². The van der Waals surface area contributed by atoms with Crippen molar-refractivity contribution in [2.75, 3.05) is 0 Å². The average Bonchev–Trinajstić information content (AvgIpc) is 2.23. The summed E-state index contributed by atoms with van der Waals surface area (Å²) in [4.78, 5) is 0. The van der Waals surface area contributed by atoms with Crippen molar-refractivity contribution in [1.29, 1.82) is 0 Å². The Morgan fingerprint density at radius 2 is 1.44 bits per heavy atom. The highest BCUT2D eigenvalue weighted by Gasteiger charge is 2.06. The molecule has 0 heterocycles. The van der Waals surface area contributed by atoms with Gasteiger partial charge in [-0.25, -0.2) is 0 Å². The van der Waals surface area contributed by atoms with Crippen LogP contribution in [0.5, 0.6) is 0 Å². The molecule has 0 atom stereocenters. The molecule has 0 fully saturated rings. The second kappa shape index (κ2) is 4.13. The summed E-state index contributed by atoms with van der Waals surface area (Å²) in [6.07, 6.45) is 0. The van der Waals surface area contributed by atoms with Crippen LogP contribution in [0.4, 0.5) is 0 Å². The molecule has 16 heavy (non-hydrogen) atoms. The van der Waals surface area contributed by atoms with Gasteiger partial charge in [0.05, 0.1) is 0 Å². The SMILES string of the molecule is Cc1ccc(-c2cccc(C)c2C)c(C)c1. The molecule has 0 unspecified atom stereocenters. The van der Waals surface area contributed by atoms with E-state index in [1.165, 1.54) is 33.4 Å². The summed E-state index contributed by atoms with van der Waals surface area (Å²) >= 11 is 0. The molecule has 82 valence electrons. The molecule has 0 aromatic heterocycles. The first kappa shape index (κ1) is 10.9. The second-order valence-corrected chi connectivity index (χ2v) is 4.57.